The lowest BCUT2D eigenvalue weighted by atomic mass is 9.70. The number of halogens is 2. The second kappa shape index (κ2) is 10.7. The number of ketones is 1. The summed E-state index contributed by atoms with van der Waals surface area (Å²) in [5, 5.41) is 0.774. The van der Waals surface area contributed by atoms with Crippen LogP contribution >= 0.6 is 35.8 Å². The summed E-state index contributed by atoms with van der Waals surface area (Å²) in [7, 11) is 0. The molecule has 0 unspecified atom stereocenters. The highest BCUT2D eigenvalue weighted by Crippen LogP contribution is 2.48. The van der Waals surface area contributed by atoms with Crippen molar-refractivity contribution in [1.82, 2.24) is 4.90 Å². The Balaban J connectivity index is 0.00000274. The quantitative estimate of drug-likeness (QED) is 0.343. The van der Waals surface area contributed by atoms with Gasteiger partial charge in [-0.15, -0.1) is 12.4 Å². The molecule has 178 valence electrons. The molecule has 1 fully saturated rings. The number of benzene rings is 3. The lowest BCUT2D eigenvalue weighted by molar-refractivity contribution is -0.124. The third-order valence-corrected chi connectivity index (χ3v) is 8.52. The second-order valence-corrected chi connectivity index (χ2v) is 10.6. The number of hydrogen-bond donors (Lipinski definition) is 0. The van der Waals surface area contributed by atoms with Crippen molar-refractivity contribution < 1.29 is 4.79 Å². The first kappa shape index (κ1) is 25.1. The Morgan fingerprint density at radius 2 is 1.59 bits per heavy atom. The largest absolute Gasteiger partial charge is 0.340 e. The molecule has 0 aromatic heterocycles. The zero-order valence-corrected chi connectivity index (χ0v) is 21.8. The highest BCUT2D eigenvalue weighted by Gasteiger charge is 2.40. The lowest BCUT2D eigenvalue weighted by Crippen LogP contribution is -2.47. The average molecular weight is 514 g/mol. The van der Waals surface area contributed by atoms with E-state index in [9.17, 15) is 4.79 Å². The zero-order valence-electron chi connectivity index (χ0n) is 19.4. The van der Waals surface area contributed by atoms with Crippen LogP contribution in [0.25, 0.3) is 0 Å². The molecule has 6 heteroatoms. The van der Waals surface area contributed by atoms with E-state index in [4.69, 9.17) is 11.6 Å². The van der Waals surface area contributed by atoms with E-state index >= 15 is 0 Å². The van der Waals surface area contributed by atoms with Gasteiger partial charge in [0.1, 0.15) is 5.78 Å². The molecular weight excluding hydrogens is 483 g/mol. The standard InChI is InChI=1S/C28H29ClN2OS.ClH/c1-21(32)28(22-8-3-2-4-9-22)14-18-30(19-15-28)16-7-17-31-24-10-5-6-11-26(24)33-27-13-12-23(29)20-25(27)31;/h2-6,8-13,20H,7,14-19H2,1H3;1H. The monoisotopic (exact) mass is 512 g/mol. The van der Waals surface area contributed by atoms with E-state index in [1.807, 2.05) is 36.0 Å². The normalized spacial score (nSPS) is 16.8. The van der Waals surface area contributed by atoms with E-state index in [1.54, 1.807) is 6.92 Å². The summed E-state index contributed by atoms with van der Waals surface area (Å²) >= 11 is 8.17. The molecule has 0 N–H and O–H groups in total. The molecule has 2 heterocycles. The molecule has 34 heavy (non-hydrogen) atoms. The molecule has 0 bridgehead atoms. The van der Waals surface area contributed by atoms with Crippen molar-refractivity contribution in [1.29, 1.82) is 0 Å². The second-order valence-electron chi connectivity index (χ2n) is 9.03. The minimum Gasteiger partial charge on any atom is -0.340 e. The van der Waals surface area contributed by atoms with Gasteiger partial charge in [0.2, 0.25) is 0 Å². The molecule has 2 aliphatic rings. The Hall–Kier alpha value is -1.98. The average Bonchev–Trinajstić information content (AvgIpc) is 2.85. The van der Waals surface area contributed by atoms with Gasteiger partial charge in [-0.1, -0.05) is 65.8 Å². The van der Waals surface area contributed by atoms with Crippen molar-refractivity contribution in [2.75, 3.05) is 31.1 Å². The van der Waals surface area contributed by atoms with Gasteiger partial charge in [-0.3, -0.25) is 4.79 Å². The molecule has 3 aromatic rings. The van der Waals surface area contributed by atoms with Crippen LogP contribution in [0.1, 0.15) is 31.7 Å². The molecule has 5 rings (SSSR count). The Kier molecular flexibility index (Phi) is 7.94. The molecule has 1 saturated heterocycles. The SMILES string of the molecule is CC(=O)C1(c2ccccc2)CCN(CCCN2c3ccccc3Sc3ccc(Cl)cc32)CC1.Cl. The first-order valence-electron chi connectivity index (χ1n) is 11.7. The Bertz CT molecular complexity index is 1150. The van der Waals surface area contributed by atoms with Crippen molar-refractivity contribution in [2.45, 2.75) is 41.4 Å². The molecular formula is C28H30Cl2N2OS. The number of Topliss-reactive ketones (excluding diaryl/α,β-unsaturated/α-hetero) is 1. The minimum absolute atomic E-state index is 0. The number of nitrogens with zero attached hydrogens (tertiary/aromatic N) is 2. The summed E-state index contributed by atoms with van der Waals surface area (Å²) in [6.07, 6.45) is 2.85. The van der Waals surface area contributed by atoms with E-state index in [1.165, 1.54) is 26.7 Å². The number of rotatable bonds is 6. The number of para-hydroxylation sites is 1. The third kappa shape index (κ3) is 4.87. The van der Waals surface area contributed by atoms with Crippen LogP contribution in [0, 0.1) is 0 Å². The fourth-order valence-electron chi connectivity index (χ4n) is 5.26. The van der Waals surface area contributed by atoms with Crippen molar-refractivity contribution in [3.8, 4) is 0 Å². The minimum atomic E-state index is -0.323. The maximum absolute atomic E-state index is 12.7. The van der Waals surface area contributed by atoms with Crippen LogP contribution in [-0.4, -0.2) is 36.9 Å². The third-order valence-electron chi connectivity index (χ3n) is 7.15. The Morgan fingerprint density at radius 3 is 2.32 bits per heavy atom. The van der Waals surface area contributed by atoms with E-state index in [2.05, 4.69) is 58.3 Å². The maximum Gasteiger partial charge on any atom is 0.140 e. The molecule has 2 aliphatic heterocycles. The number of piperidine rings is 1. The topological polar surface area (TPSA) is 23.6 Å². The molecule has 0 amide bonds. The summed E-state index contributed by atoms with van der Waals surface area (Å²) < 4.78 is 0. The van der Waals surface area contributed by atoms with Crippen LogP contribution in [0.5, 0.6) is 0 Å². The number of carbonyl (C=O) groups excluding carboxylic acids is 1. The zero-order chi connectivity index (χ0) is 22.8. The number of carbonyl (C=O) groups is 1. The van der Waals surface area contributed by atoms with E-state index in [-0.39, 0.29) is 17.8 Å². The van der Waals surface area contributed by atoms with E-state index in [0.29, 0.717) is 5.78 Å². The summed E-state index contributed by atoms with van der Waals surface area (Å²) in [5.41, 5.74) is 3.31. The van der Waals surface area contributed by atoms with E-state index < -0.39 is 0 Å². The smallest absolute Gasteiger partial charge is 0.140 e. The van der Waals surface area contributed by atoms with Crippen LogP contribution in [0.15, 0.2) is 82.6 Å². The van der Waals surface area contributed by atoms with Gasteiger partial charge < -0.3 is 9.80 Å². The predicted octanol–water partition coefficient (Wildman–Crippen LogP) is 7.38. The summed E-state index contributed by atoms with van der Waals surface area (Å²) in [5.74, 6) is 0.296. The van der Waals surface area contributed by atoms with Crippen LogP contribution in [0.2, 0.25) is 5.02 Å². The Labute approximate surface area is 217 Å². The first-order chi connectivity index (χ1) is 16.1. The number of hydrogen-bond acceptors (Lipinski definition) is 4. The molecule has 3 nitrogen and oxygen atoms in total. The molecule has 0 radical (unpaired) electrons. The fraction of sp³-hybridized carbons (Fsp3) is 0.321. The molecule has 3 aromatic carbocycles. The molecule has 0 spiro atoms. The number of fused-ring (bicyclic) bond motifs is 2. The molecule has 0 aliphatic carbocycles. The fourth-order valence-corrected chi connectivity index (χ4v) is 6.50. The van der Waals surface area contributed by atoms with Crippen molar-refractivity contribution in [2.24, 2.45) is 0 Å². The summed E-state index contributed by atoms with van der Waals surface area (Å²) in [4.78, 5) is 20.2. The maximum atomic E-state index is 12.7. The molecule has 0 saturated carbocycles. The summed E-state index contributed by atoms with van der Waals surface area (Å²) in [6.45, 7) is 5.66. The van der Waals surface area contributed by atoms with Crippen LogP contribution in [0.3, 0.4) is 0 Å². The Morgan fingerprint density at radius 1 is 0.912 bits per heavy atom. The van der Waals surface area contributed by atoms with Crippen molar-refractivity contribution in [3.05, 3.63) is 83.4 Å². The van der Waals surface area contributed by atoms with Crippen LogP contribution in [-0.2, 0) is 10.2 Å². The van der Waals surface area contributed by atoms with Crippen molar-refractivity contribution >= 4 is 52.9 Å². The number of likely N-dealkylation sites (tertiary alicyclic amines) is 1. The van der Waals surface area contributed by atoms with Crippen LogP contribution in [0.4, 0.5) is 11.4 Å². The highest BCUT2D eigenvalue weighted by atomic mass is 35.5. The van der Waals surface area contributed by atoms with Gasteiger partial charge >= 0.3 is 0 Å². The predicted molar refractivity (Wildman–Crippen MR) is 145 cm³/mol. The highest BCUT2D eigenvalue weighted by molar-refractivity contribution is 7.99. The van der Waals surface area contributed by atoms with Gasteiger partial charge in [0.25, 0.3) is 0 Å². The summed E-state index contributed by atoms with van der Waals surface area (Å²) in [6, 6.07) is 25.1. The molecule has 0 atom stereocenters. The van der Waals surface area contributed by atoms with Gasteiger partial charge in [-0.25, -0.2) is 0 Å². The lowest BCUT2D eigenvalue weighted by Gasteiger charge is -2.41. The first-order valence-corrected chi connectivity index (χ1v) is 12.9. The van der Waals surface area contributed by atoms with Gasteiger partial charge in [0.05, 0.1) is 16.8 Å². The number of anilines is 2. The van der Waals surface area contributed by atoms with Crippen LogP contribution < -0.4 is 4.90 Å². The van der Waals surface area contributed by atoms with Gasteiger partial charge in [-0.05, 0) is 81.7 Å². The van der Waals surface area contributed by atoms with Gasteiger partial charge in [-0.2, -0.15) is 0 Å². The van der Waals surface area contributed by atoms with Crippen molar-refractivity contribution in [3.63, 3.8) is 0 Å². The van der Waals surface area contributed by atoms with E-state index in [0.717, 1.165) is 50.5 Å². The van der Waals surface area contributed by atoms with Gasteiger partial charge in [0, 0.05) is 21.4 Å². The van der Waals surface area contributed by atoms with Gasteiger partial charge in [0.15, 0.2) is 0 Å².